The fourth-order valence-electron chi connectivity index (χ4n) is 2.77. The molecule has 0 aliphatic carbocycles. The second-order valence-electron chi connectivity index (χ2n) is 6.37. The summed E-state index contributed by atoms with van der Waals surface area (Å²) in [6, 6.07) is 21.4. The molecule has 0 fully saturated rings. The maximum absolute atomic E-state index is 5.66. The monoisotopic (exact) mass is 360 g/mol. The van der Waals surface area contributed by atoms with Crippen molar-refractivity contribution in [2.75, 3.05) is 5.73 Å². The van der Waals surface area contributed by atoms with Crippen LogP contribution in [-0.2, 0) is 6.42 Å². The van der Waals surface area contributed by atoms with Gasteiger partial charge in [-0.25, -0.2) is 4.98 Å². The van der Waals surface area contributed by atoms with E-state index in [0.717, 1.165) is 17.5 Å². The van der Waals surface area contributed by atoms with Gasteiger partial charge in [0, 0.05) is 21.5 Å². The van der Waals surface area contributed by atoms with E-state index in [0.29, 0.717) is 5.82 Å². The number of fused-ring (bicyclic) bond motifs is 1. The molecule has 0 aliphatic rings. The summed E-state index contributed by atoms with van der Waals surface area (Å²) >= 11 is 1.77. The predicted octanol–water partition coefficient (Wildman–Crippen LogP) is 6.41. The van der Waals surface area contributed by atoms with Crippen LogP contribution in [0.3, 0.4) is 0 Å². The fraction of sp³-hybridized carbons (Fsp3) is 0.174. The number of aryl methyl sites for hydroxylation is 3. The van der Waals surface area contributed by atoms with Crippen molar-refractivity contribution in [1.29, 1.82) is 0 Å². The summed E-state index contributed by atoms with van der Waals surface area (Å²) in [5.74, 6) is 0.613. The Kier molecular flexibility index (Phi) is 5.69. The number of hydrogen-bond acceptors (Lipinski definition) is 3. The van der Waals surface area contributed by atoms with Crippen molar-refractivity contribution in [3.8, 4) is 10.4 Å². The Morgan fingerprint density at radius 3 is 2.35 bits per heavy atom. The quantitative estimate of drug-likeness (QED) is 0.448. The molecule has 0 saturated carbocycles. The lowest BCUT2D eigenvalue weighted by Crippen LogP contribution is -1.93. The van der Waals surface area contributed by atoms with Gasteiger partial charge in [0.2, 0.25) is 0 Å². The molecule has 0 saturated heterocycles. The van der Waals surface area contributed by atoms with Gasteiger partial charge in [-0.15, -0.1) is 11.3 Å². The highest BCUT2D eigenvalue weighted by Gasteiger charge is 2.03. The Morgan fingerprint density at radius 1 is 0.923 bits per heavy atom. The number of pyridine rings is 1. The first-order valence-corrected chi connectivity index (χ1v) is 9.65. The summed E-state index contributed by atoms with van der Waals surface area (Å²) < 4.78 is 0. The molecule has 0 aliphatic heterocycles. The largest absolute Gasteiger partial charge is 0.383 e. The average molecular weight is 361 g/mol. The molecule has 4 aromatic rings. The topological polar surface area (TPSA) is 38.9 Å². The van der Waals surface area contributed by atoms with Crippen LogP contribution < -0.4 is 5.73 Å². The number of rotatable bonds is 2. The number of benzene rings is 2. The van der Waals surface area contributed by atoms with E-state index in [1.54, 1.807) is 11.3 Å². The van der Waals surface area contributed by atoms with Crippen molar-refractivity contribution in [2.24, 2.45) is 0 Å². The van der Waals surface area contributed by atoms with Gasteiger partial charge in [0.05, 0.1) is 0 Å². The van der Waals surface area contributed by atoms with E-state index in [1.807, 2.05) is 13.1 Å². The van der Waals surface area contributed by atoms with Gasteiger partial charge in [0.15, 0.2) is 0 Å². The van der Waals surface area contributed by atoms with Gasteiger partial charge >= 0.3 is 0 Å². The minimum atomic E-state index is 0.613. The van der Waals surface area contributed by atoms with Crippen molar-refractivity contribution in [3.05, 3.63) is 82.9 Å². The van der Waals surface area contributed by atoms with E-state index >= 15 is 0 Å². The zero-order valence-corrected chi connectivity index (χ0v) is 16.3. The third kappa shape index (κ3) is 4.30. The molecular weight excluding hydrogens is 336 g/mol. The average Bonchev–Trinajstić information content (AvgIpc) is 3.10. The minimum Gasteiger partial charge on any atom is -0.383 e. The number of hydrogen-bond donors (Lipinski definition) is 1. The first-order valence-electron chi connectivity index (χ1n) is 8.83. The highest BCUT2D eigenvalue weighted by atomic mass is 32.1. The minimum absolute atomic E-state index is 0.613. The molecule has 0 spiro atoms. The zero-order chi connectivity index (χ0) is 18.5. The Bertz CT molecular complexity index is 1020. The van der Waals surface area contributed by atoms with Gasteiger partial charge in [-0.1, -0.05) is 49.4 Å². The SMILES string of the molecule is CCc1ccc2ccccc2c1.Cc1ccc(-c2cnc(N)c(C)c2)s1. The van der Waals surface area contributed by atoms with E-state index < -0.39 is 0 Å². The van der Waals surface area contributed by atoms with Crippen LogP contribution in [0.25, 0.3) is 21.2 Å². The predicted molar refractivity (Wildman–Crippen MR) is 115 cm³/mol. The maximum atomic E-state index is 5.66. The first kappa shape index (κ1) is 18.2. The number of nitrogen functional groups attached to an aromatic ring is 1. The number of anilines is 1. The number of nitrogens with two attached hydrogens (primary N) is 1. The van der Waals surface area contributed by atoms with Crippen LogP contribution in [0.4, 0.5) is 5.82 Å². The van der Waals surface area contributed by atoms with Crippen LogP contribution in [0.2, 0.25) is 0 Å². The highest BCUT2D eigenvalue weighted by Crippen LogP contribution is 2.28. The van der Waals surface area contributed by atoms with E-state index in [2.05, 4.69) is 79.5 Å². The van der Waals surface area contributed by atoms with Crippen molar-refractivity contribution in [2.45, 2.75) is 27.2 Å². The molecule has 2 nitrogen and oxygen atoms in total. The molecule has 132 valence electrons. The fourth-order valence-corrected chi connectivity index (χ4v) is 3.62. The Labute approximate surface area is 159 Å². The van der Waals surface area contributed by atoms with Gasteiger partial charge in [-0.2, -0.15) is 0 Å². The molecule has 2 aromatic heterocycles. The third-order valence-electron chi connectivity index (χ3n) is 4.37. The lowest BCUT2D eigenvalue weighted by Gasteiger charge is -2.01. The number of aromatic nitrogens is 1. The Hall–Kier alpha value is -2.65. The van der Waals surface area contributed by atoms with Gasteiger partial charge in [0.1, 0.15) is 5.82 Å². The van der Waals surface area contributed by atoms with Crippen molar-refractivity contribution < 1.29 is 0 Å². The summed E-state index contributed by atoms with van der Waals surface area (Å²) in [6.07, 6.45) is 2.94. The summed E-state index contributed by atoms with van der Waals surface area (Å²) in [6.45, 7) is 6.27. The van der Waals surface area contributed by atoms with Gasteiger partial charge < -0.3 is 5.73 Å². The van der Waals surface area contributed by atoms with Crippen LogP contribution in [0.1, 0.15) is 22.9 Å². The number of thiophene rings is 1. The normalized spacial score (nSPS) is 10.4. The molecule has 0 radical (unpaired) electrons. The van der Waals surface area contributed by atoms with Gasteiger partial charge in [-0.3, -0.25) is 0 Å². The lowest BCUT2D eigenvalue weighted by atomic mass is 10.1. The molecule has 2 aromatic carbocycles. The second-order valence-corrected chi connectivity index (χ2v) is 7.66. The van der Waals surface area contributed by atoms with Gasteiger partial charge in [-0.05, 0) is 60.4 Å². The zero-order valence-electron chi connectivity index (χ0n) is 15.5. The lowest BCUT2D eigenvalue weighted by molar-refractivity contribution is 1.15. The molecule has 4 rings (SSSR count). The molecule has 2 N–H and O–H groups in total. The summed E-state index contributed by atoms with van der Waals surface area (Å²) in [5, 5.41) is 2.67. The van der Waals surface area contributed by atoms with Gasteiger partial charge in [0.25, 0.3) is 0 Å². The maximum Gasteiger partial charge on any atom is 0.126 e. The Balaban J connectivity index is 0.000000152. The molecule has 0 atom stereocenters. The first-order chi connectivity index (χ1) is 12.6. The molecule has 2 heterocycles. The van der Waals surface area contributed by atoms with Crippen molar-refractivity contribution in [3.63, 3.8) is 0 Å². The molecule has 0 amide bonds. The van der Waals surface area contributed by atoms with Crippen molar-refractivity contribution in [1.82, 2.24) is 4.98 Å². The standard InChI is InChI=1S/C12H12.C11H12N2S/c1-2-10-7-8-11-5-3-4-6-12(11)9-10;1-7-5-9(6-13-11(7)12)10-4-3-8(2)14-10/h3-9H,2H2,1H3;3-6H,1-2H3,(H2,12,13). The molecular formula is C23H24N2S. The van der Waals surface area contributed by atoms with Crippen LogP contribution in [0.5, 0.6) is 0 Å². The summed E-state index contributed by atoms with van der Waals surface area (Å²) in [5.41, 5.74) is 9.26. The summed E-state index contributed by atoms with van der Waals surface area (Å²) in [4.78, 5) is 6.71. The smallest absolute Gasteiger partial charge is 0.126 e. The van der Waals surface area contributed by atoms with Crippen LogP contribution >= 0.6 is 11.3 Å². The highest BCUT2D eigenvalue weighted by molar-refractivity contribution is 7.15. The van der Waals surface area contributed by atoms with E-state index in [9.17, 15) is 0 Å². The number of nitrogens with zero attached hydrogens (tertiary/aromatic N) is 1. The molecule has 0 unspecified atom stereocenters. The molecule has 26 heavy (non-hydrogen) atoms. The van der Waals surface area contributed by atoms with Crippen LogP contribution in [0, 0.1) is 13.8 Å². The van der Waals surface area contributed by atoms with Crippen molar-refractivity contribution >= 4 is 27.9 Å². The van der Waals surface area contributed by atoms with E-state index in [4.69, 9.17) is 5.73 Å². The third-order valence-corrected chi connectivity index (χ3v) is 5.42. The van der Waals surface area contributed by atoms with Crippen LogP contribution in [0.15, 0.2) is 66.9 Å². The Morgan fingerprint density at radius 2 is 1.69 bits per heavy atom. The summed E-state index contributed by atoms with van der Waals surface area (Å²) in [7, 11) is 0. The van der Waals surface area contributed by atoms with E-state index in [1.165, 1.54) is 26.1 Å². The van der Waals surface area contributed by atoms with Crippen LogP contribution in [-0.4, -0.2) is 4.98 Å². The second kappa shape index (κ2) is 8.15. The van der Waals surface area contributed by atoms with E-state index in [-0.39, 0.29) is 0 Å². The molecule has 0 bridgehead atoms. The molecule has 3 heteroatoms.